The molecule has 6 heteroatoms. The van der Waals surface area contributed by atoms with Crippen molar-refractivity contribution < 1.29 is 0 Å². The molecular formula is C12H14BrN3S2. The molecule has 0 fully saturated rings. The van der Waals surface area contributed by atoms with E-state index in [0.717, 1.165) is 15.7 Å². The lowest BCUT2D eigenvalue weighted by atomic mass is 10.1. The first-order valence-electron chi connectivity index (χ1n) is 5.28. The average Bonchev–Trinajstić information content (AvgIpc) is 2.68. The molecule has 96 valence electrons. The van der Waals surface area contributed by atoms with Gasteiger partial charge in [0.2, 0.25) is 0 Å². The van der Waals surface area contributed by atoms with Crippen LogP contribution in [0.25, 0.3) is 11.3 Å². The van der Waals surface area contributed by atoms with Crippen LogP contribution in [-0.2, 0) is 7.05 Å². The van der Waals surface area contributed by atoms with Crippen LogP contribution in [0.3, 0.4) is 0 Å². The summed E-state index contributed by atoms with van der Waals surface area (Å²) in [7, 11) is 1.85. The highest BCUT2D eigenvalue weighted by Gasteiger charge is 2.11. The van der Waals surface area contributed by atoms with E-state index >= 15 is 0 Å². The summed E-state index contributed by atoms with van der Waals surface area (Å²) in [6, 6.07) is 6.14. The Morgan fingerprint density at radius 1 is 1.22 bits per heavy atom. The lowest BCUT2D eigenvalue weighted by Gasteiger charge is -2.09. The molecule has 0 spiro atoms. The molecule has 0 saturated carbocycles. The standard InChI is InChI=1S/C12H14BrN3S2/c1-16-11(14)6-9(15-16)7-4-8(13)12(18-3)10(5-7)17-2/h4-6H,14H2,1-3H3. The molecule has 2 rings (SSSR count). The zero-order valence-corrected chi connectivity index (χ0v) is 13.6. The van der Waals surface area contributed by atoms with Crippen LogP contribution < -0.4 is 5.73 Å². The minimum atomic E-state index is 0.667. The molecule has 1 aromatic carbocycles. The van der Waals surface area contributed by atoms with E-state index in [1.807, 2.05) is 13.1 Å². The van der Waals surface area contributed by atoms with Gasteiger partial charge < -0.3 is 5.73 Å². The van der Waals surface area contributed by atoms with E-state index in [4.69, 9.17) is 5.73 Å². The summed E-state index contributed by atoms with van der Waals surface area (Å²) in [4.78, 5) is 2.51. The predicted octanol–water partition coefficient (Wildman–Crippen LogP) is 3.88. The summed E-state index contributed by atoms with van der Waals surface area (Å²) in [5.74, 6) is 0.667. The fourth-order valence-electron chi connectivity index (χ4n) is 1.69. The van der Waals surface area contributed by atoms with Crippen molar-refractivity contribution in [3.05, 3.63) is 22.7 Å². The van der Waals surface area contributed by atoms with Crippen LogP contribution in [0.5, 0.6) is 0 Å². The molecule has 1 aromatic heterocycles. The first-order valence-corrected chi connectivity index (χ1v) is 8.52. The van der Waals surface area contributed by atoms with Gasteiger partial charge in [0.15, 0.2) is 0 Å². The summed E-state index contributed by atoms with van der Waals surface area (Å²) in [6.45, 7) is 0. The number of nitrogens with two attached hydrogens (primary N) is 1. The number of benzene rings is 1. The van der Waals surface area contributed by atoms with Gasteiger partial charge in [0.05, 0.1) is 5.69 Å². The van der Waals surface area contributed by atoms with Crippen molar-refractivity contribution in [3.8, 4) is 11.3 Å². The van der Waals surface area contributed by atoms with Gasteiger partial charge in [-0.05, 0) is 40.6 Å². The lowest BCUT2D eigenvalue weighted by Crippen LogP contribution is -1.96. The van der Waals surface area contributed by atoms with Gasteiger partial charge in [-0.15, -0.1) is 23.5 Å². The first kappa shape index (κ1) is 13.8. The monoisotopic (exact) mass is 343 g/mol. The molecule has 0 amide bonds. The predicted molar refractivity (Wildman–Crippen MR) is 84.3 cm³/mol. The molecule has 18 heavy (non-hydrogen) atoms. The first-order chi connectivity index (χ1) is 8.56. The lowest BCUT2D eigenvalue weighted by molar-refractivity contribution is 0.782. The van der Waals surface area contributed by atoms with Crippen LogP contribution >= 0.6 is 39.5 Å². The van der Waals surface area contributed by atoms with Gasteiger partial charge in [0.1, 0.15) is 5.82 Å². The highest BCUT2D eigenvalue weighted by molar-refractivity contribution is 9.10. The van der Waals surface area contributed by atoms with Crippen LogP contribution in [0, 0.1) is 0 Å². The maximum atomic E-state index is 5.82. The van der Waals surface area contributed by atoms with Crippen LogP contribution in [-0.4, -0.2) is 22.3 Å². The summed E-state index contributed by atoms with van der Waals surface area (Å²) in [6.07, 6.45) is 4.16. The summed E-state index contributed by atoms with van der Waals surface area (Å²) in [5, 5.41) is 4.41. The largest absolute Gasteiger partial charge is 0.384 e. The van der Waals surface area contributed by atoms with Crippen molar-refractivity contribution in [3.63, 3.8) is 0 Å². The third-order valence-corrected chi connectivity index (χ3v) is 5.27. The molecule has 0 atom stereocenters. The summed E-state index contributed by atoms with van der Waals surface area (Å²) >= 11 is 7.10. The van der Waals surface area contributed by atoms with Crippen molar-refractivity contribution >= 4 is 45.3 Å². The Kier molecular flexibility index (Phi) is 4.29. The van der Waals surface area contributed by atoms with E-state index in [-0.39, 0.29) is 0 Å². The average molecular weight is 344 g/mol. The Labute approximate surface area is 124 Å². The van der Waals surface area contributed by atoms with Crippen LogP contribution in [0.2, 0.25) is 0 Å². The Hall–Kier alpha value is -0.590. The molecule has 0 aliphatic carbocycles. The Morgan fingerprint density at radius 3 is 2.44 bits per heavy atom. The molecule has 3 nitrogen and oxygen atoms in total. The third kappa shape index (κ3) is 2.55. The molecule has 0 aliphatic heterocycles. The molecule has 0 radical (unpaired) electrons. The van der Waals surface area contributed by atoms with Gasteiger partial charge >= 0.3 is 0 Å². The van der Waals surface area contributed by atoms with E-state index < -0.39 is 0 Å². The second-order valence-corrected chi connectivity index (χ2v) is 6.29. The van der Waals surface area contributed by atoms with Gasteiger partial charge in [-0.2, -0.15) is 5.10 Å². The highest BCUT2D eigenvalue weighted by Crippen LogP contribution is 2.38. The number of rotatable bonds is 3. The van der Waals surface area contributed by atoms with E-state index in [9.17, 15) is 0 Å². The number of aryl methyl sites for hydroxylation is 1. The fourth-order valence-corrected chi connectivity index (χ4v) is 4.32. The minimum Gasteiger partial charge on any atom is -0.384 e. The van der Waals surface area contributed by atoms with Crippen molar-refractivity contribution in [2.45, 2.75) is 9.79 Å². The molecular weight excluding hydrogens is 330 g/mol. The van der Waals surface area contributed by atoms with Gasteiger partial charge in [-0.3, -0.25) is 4.68 Å². The SMILES string of the molecule is CSc1cc(-c2cc(N)n(C)n2)cc(Br)c1SC. The quantitative estimate of drug-likeness (QED) is 0.859. The number of halogens is 1. The second-order valence-electron chi connectivity index (χ2n) is 3.77. The maximum Gasteiger partial charge on any atom is 0.121 e. The van der Waals surface area contributed by atoms with Crippen molar-refractivity contribution in [1.29, 1.82) is 0 Å². The molecule has 0 unspecified atom stereocenters. The molecule has 1 heterocycles. The molecule has 0 bridgehead atoms. The smallest absolute Gasteiger partial charge is 0.121 e. The molecule has 2 N–H and O–H groups in total. The second kappa shape index (κ2) is 5.59. The van der Waals surface area contributed by atoms with Gasteiger partial charge in [-0.25, -0.2) is 0 Å². The molecule has 0 aliphatic rings. The van der Waals surface area contributed by atoms with Crippen LogP contribution in [0.4, 0.5) is 5.82 Å². The van der Waals surface area contributed by atoms with Crippen molar-refractivity contribution in [2.24, 2.45) is 7.05 Å². The molecule has 0 saturated heterocycles. The zero-order chi connectivity index (χ0) is 13.3. The maximum absolute atomic E-state index is 5.82. The summed E-state index contributed by atoms with van der Waals surface area (Å²) in [5.41, 5.74) is 7.80. The van der Waals surface area contributed by atoms with Gasteiger partial charge in [0, 0.05) is 32.9 Å². The normalized spacial score (nSPS) is 10.9. The third-order valence-electron chi connectivity index (χ3n) is 2.65. The molecule has 2 aromatic rings. The number of nitrogen functional groups attached to an aromatic ring is 1. The van der Waals surface area contributed by atoms with E-state index in [2.05, 4.69) is 45.7 Å². The van der Waals surface area contributed by atoms with Gasteiger partial charge in [0.25, 0.3) is 0 Å². The number of anilines is 1. The topological polar surface area (TPSA) is 43.8 Å². The summed E-state index contributed by atoms with van der Waals surface area (Å²) < 4.78 is 2.78. The minimum absolute atomic E-state index is 0.667. The van der Waals surface area contributed by atoms with E-state index in [1.165, 1.54) is 9.79 Å². The number of hydrogen-bond donors (Lipinski definition) is 1. The Balaban J connectivity index is 2.55. The number of thioether (sulfide) groups is 2. The zero-order valence-electron chi connectivity index (χ0n) is 10.4. The number of nitrogens with zero attached hydrogens (tertiary/aromatic N) is 2. The van der Waals surface area contributed by atoms with Crippen molar-refractivity contribution in [1.82, 2.24) is 9.78 Å². The number of hydrogen-bond acceptors (Lipinski definition) is 4. The van der Waals surface area contributed by atoms with Crippen LogP contribution in [0.15, 0.2) is 32.5 Å². The highest BCUT2D eigenvalue weighted by atomic mass is 79.9. The fraction of sp³-hybridized carbons (Fsp3) is 0.250. The Bertz CT molecular complexity index is 561. The number of aromatic nitrogens is 2. The van der Waals surface area contributed by atoms with Crippen LogP contribution in [0.1, 0.15) is 0 Å². The van der Waals surface area contributed by atoms with E-state index in [0.29, 0.717) is 5.82 Å². The van der Waals surface area contributed by atoms with Gasteiger partial charge in [-0.1, -0.05) is 0 Å². The van der Waals surface area contributed by atoms with Crippen molar-refractivity contribution in [2.75, 3.05) is 18.2 Å². The van der Waals surface area contributed by atoms with E-state index in [1.54, 1.807) is 28.2 Å². The Morgan fingerprint density at radius 2 is 1.94 bits per heavy atom.